The van der Waals surface area contributed by atoms with Crippen LogP contribution in [0.2, 0.25) is 0 Å². The predicted molar refractivity (Wildman–Crippen MR) is 78.3 cm³/mol. The summed E-state index contributed by atoms with van der Waals surface area (Å²) in [4.78, 5) is 12.0. The van der Waals surface area contributed by atoms with Gasteiger partial charge < -0.3 is 15.1 Å². The van der Waals surface area contributed by atoms with Gasteiger partial charge in [-0.1, -0.05) is 44.2 Å². The standard InChI is InChI=1S/C16H20N2O2/c1-12(2)17-11-15(19)18-16(14-9-6-10-20-14)13-7-4-3-5-8-13/h3-10,12,16-17H,11H2,1-2H3,(H,18,19). The molecule has 1 amide bonds. The second-order valence-corrected chi connectivity index (χ2v) is 4.96. The van der Waals surface area contributed by atoms with Gasteiger partial charge in [-0.25, -0.2) is 0 Å². The molecule has 0 aliphatic carbocycles. The fourth-order valence-corrected chi connectivity index (χ4v) is 1.93. The number of hydrogen-bond donors (Lipinski definition) is 2. The van der Waals surface area contributed by atoms with E-state index in [0.717, 1.165) is 11.3 Å². The van der Waals surface area contributed by atoms with Crippen LogP contribution in [0.25, 0.3) is 0 Å². The Hall–Kier alpha value is -2.07. The summed E-state index contributed by atoms with van der Waals surface area (Å²) in [6, 6.07) is 13.5. The lowest BCUT2D eigenvalue weighted by Crippen LogP contribution is -2.38. The Balaban J connectivity index is 2.10. The fourth-order valence-electron chi connectivity index (χ4n) is 1.93. The highest BCUT2D eigenvalue weighted by molar-refractivity contribution is 5.78. The molecule has 0 radical (unpaired) electrons. The number of nitrogens with one attached hydrogen (secondary N) is 2. The van der Waals surface area contributed by atoms with Gasteiger partial charge in [-0.2, -0.15) is 0 Å². The second-order valence-electron chi connectivity index (χ2n) is 4.96. The average molecular weight is 272 g/mol. The van der Waals surface area contributed by atoms with E-state index in [1.165, 1.54) is 0 Å². The Morgan fingerprint density at radius 2 is 1.90 bits per heavy atom. The molecule has 0 saturated carbocycles. The Bertz CT molecular complexity index is 521. The number of rotatable bonds is 6. The largest absolute Gasteiger partial charge is 0.467 e. The molecule has 2 N–H and O–H groups in total. The van der Waals surface area contributed by atoms with Gasteiger partial charge in [-0.3, -0.25) is 4.79 Å². The molecule has 0 aliphatic rings. The van der Waals surface area contributed by atoms with Gasteiger partial charge >= 0.3 is 0 Å². The SMILES string of the molecule is CC(C)NCC(=O)NC(c1ccccc1)c1ccco1. The summed E-state index contributed by atoms with van der Waals surface area (Å²) >= 11 is 0. The summed E-state index contributed by atoms with van der Waals surface area (Å²) in [7, 11) is 0. The van der Waals surface area contributed by atoms with Crippen molar-refractivity contribution in [1.29, 1.82) is 0 Å². The van der Waals surface area contributed by atoms with E-state index >= 15 is 0 Å². The summed E-state index contributed by atoms with van der Waals surface area (Å²) < 4.78 is 5.44. The van der Waals surface area contributed by atoms with Crippen LogP contribution in [0, 0.1) is 0 Å². The van der Waals surface area contributed by atoms with E-state index in [4.69, 9.17) is 4.42 Å². The third kappa shape index (κ3) is 3.96. The zero-order valence-electron chi connectivity index (χ0n) is 11.8. The molecule has 4 heteroatoms. The molecule has 1 unspecified atom stereocenters. The van der Waals surface area contributed by atoms with E-state index < -0.39 is 0 Å². The monoisotopic (exact) mass is 272 g/mol. The summed E-state index contributed by atoms with van der Waals surface area (Å²) in [6.45, 7) is 4.31. The number of benzene rings is 1. The van der Waals surface area contributed by atoms with E-state index in [-0.39, 0.29) is 18.0 Å². The maximum atomic E-state index is 12.0. The Morgan fingerprint density at radius 3 is 2.50 bits per heavy atom. The highest BCUT2D eigenvalue weighted by atomic mass is 16.3. The van der Waals surface area contributed by atoms with Gasteiger partial charge in [0.15, 0.2) is 0 Å². The number of amides is 1. The molecule has 0 spiro atoms. The summed E-state index contributed by atoms with van der Waals surface area (Å²) in [5.74, 6) is 0.679. The maximum Gasteiger partial charge on any atom is 0.234 e. The molecule has 1 aromatic heterocycles. The van der Waals surface area contributed by atoms with Crippen molar-refractivity contribution in [3.63, 3.8) is 0 Å². The van der Waals surface area contributed by atoms with E-state index in [2.05, 4.69) is 10.6 Å². The minimum absolute atomic E-state index is 0.0519. The van der Waals surface area contributed by atoms with Gasteiger partial charge in [-0.05, 0) is 17.7 Å². The van der Waals surface area contributed by atoms with Gasteiger partial charge in [0.25, 0.3) is 0 Å². The smallest absolute Gasteiger partial charge is 0.234 e. The van der Waals surface area contributed by atoms with E-state index in [1.54, 1.807) is 6.26 Å². The predicted octanol–water partition coefficient (Wildman–Crippen LogP) is 2.48. The van der Waals surface area contributed by atoms with Gasteiger partial charge in [0.05, 0.1) is 12.8 Å². The summed E-state index contributed by atoms with van der Waals surface area (Å²) in [5, 5.41) is 6.10. The lowest BCUT2D eigenvalue weighted by molar-refractivity contribution is -0.120. The zero-order valence-corrected chi connectivity index (χ0v) is 11.8. The molecule has 0 saturated heterocycles. The molecule has 0 bridgehead atoms. The lowest BCUT2D eigenvalue weighted by Gasteiger charge is -2.18. The Labute approximate surface area is 119 Å². The average Bonchev–Trinajstić information content (AvgIpc) is 2.97. The van der Waals surface area contributed by atoms with Crippen LogP contribution >= 0.6 is 0 Å². The molecule has 4 nitrogen and oxygen atoms in total. The van der Waals surface area contributed by atoms with Crippen LogP contribution in [0.5, 0.6) is 0 Å². The highest BCUT2D eigenvalue weighted by Crippen LogP contribution is 2.22. The maximum absolute atomic E-state index is 12.0. The number of carbonyl (C=O) groups is 1. The van der Waals surface area contributed by atoms with Gasteiger partial charge in [0.2, 0.25) is 5.91 Å². The van der Waals surface area contributed by atoms with Gasteiger partial charge in [0.1, 0.15) is 11.8 Å². The topological polar surface area (TPSA) is 54.3 Å². The molecular formula is C16H20N2O2. The van der Waals surface area contributed by atoms with Crippen molar-refractivity contribution in [3.05, 3.63) is 60.1 Å². The zero-order chi connectivity index (χ0) is 14.4. The molecule has 1 atom stereocenters. The van der Waals surface area contributed by atoms with Crippen LogP contribution in [0.4, 0.5) is 0 Å². The van der Waals surface area contributed by atoms with Crippen molar-refractivity contribution in [2.24, 2.45) is 0 Å². The third-order valence-electron chi connectivity index (χ3n) is 2.94. The molecule has 0 fully saturated rings. The van der Waals surface area contributed by atoms with E-state index in [9.17, 15) is 4.79 Å². The first-order chi connectivity index (χ1) is 9.66. The molecule has 1 aromatic carbocycles. The van der Waals surface area contributed by atoms with Crippen molar-refractivity contribution in [2.75, 3.05) is 6.54 Å². The molecule has 106 valence electrons. The van der Waals surface area contributed by atoms with E-state index in [1.807, 2.05) is 56.3 Å². The molecule has 20 heavy (non-hydrogen) atoms. The van der Waals surface area contributed by atoms with Crippen molar-refractivity contribution in [3.8, 4) is 0 Å². The Kier molecular flexibility index (Phi) is 4.96. The van der Waals surface area contributed by atoms with Crippen molar-refractivity contribution in [2.45, 2.75) is 25.9 Å². The molecule has 2 rings (SSSR count). The molecular weight excluding hydrogens is 252 g/mol. The minimum Gasteiger partial charge on any atom is -0.467 e. The second kappa shape index (κ2) is 6.91. The first-order valence-corrected chi connectivity index (χ1v) is 6.78. The first-order valence-electron chi connectivity index (χ1n) is 6.78. The van der Waals surface area contributed by atoms with Crippen molar-refractivity contribution < 1.29 is 9.21 Å². The number of hydrogen-bond acceptors (Lipinski definition) is 3. The fraction of sp³-hybridized carbons (Fsp3) is 0.312. The van der Waals surface area contributed by atoms with E-state index in [0.29, 0.717) is 6.54 Å². The minimum atomic E-state index is -0.257. The number of furan rings is 1. The van der Waals surface area contributed by atoms with Crippen LogP contribution in [-0.2, 0) is 4.79 Å². The molecule has 1 heterocycles. The third-order valence-corrected chi connectivity index (χ3v) is 2.94. The van der Waals surface area contributed by atoms with Gasteiger partial charge in [0, 0.05) is 6.04 Å². The Morgan fingerprint density at radius 1 is 1.15 bits per heavy atom. The van der Waals surface area contributed by atoms with Crippen LogP contribution in [0.3, 0.4) is 0 Å². The quantitative estimate of drug-likeness (QED) is 0.849. The summed E-state index contributed by atoms with van der Waals surface area (Å²) in [5.41, 5.74) is 1.00. The van der Waals surface area contributed by atoms with Crippen LogP contribution < -0.4 is 10.6 Å². The van der Waals surface area contributed by atoms with Crippen LogP contribution in [0.15, 0.2) is 53.1 Å². The number of carbonyl (C=O) groups excluding carboxylic acids is 1. The van der Waals surface area contributed by atoms with Crippen LogP contribution in [0.1, 0.15) is 31.2 Å². The van der Waals surface area contributed by atoms with Crippen molar-refractivity contribution in [1.82, 2.24) is 10.6 Å². The highest BCUT2D eigenvalue weighted by Gasteiger charge is 2.18. The van der Waals surface area contributed by atoms with Crippen molar-refractivity contribution >= 4 is 5.91 Å². The summed E-state index contributed by atoms with van der Waals surface area (Å²) in [6.07, 6.45) is 1.61. The molecule has 0 aliphatic heterocycles. The lowest BCUT2D eigenvalue weighted by atomic mass is 10.0. The molecule has 2 aromatic rings. The first kappa shape index (κ1) is 14.3. The normalized spacial score (nSPS) is 12.3. The van der Waals surface area contributed by atoms with Gasteiger partial charge in [-0.15, -0.1) is 0 Å². The van der Waals surface area contributed by atoms with Crippen LogP contribution in [-0.4, -0.2) is 18.5 Å².